The Balaban J connectivity index is 1.42. The van der Waals surface area contributed by atoms with Crippen LogP contribution in [-0.2, 0) is 14.3 Å². The van der Waals surface area contributed by atoms with Crippen LogP contribution in [0.3, 0.4) is 0 Å². The number of nitrogens with one attached hydrogen (secondary N) is 1. The van der Waals surface area contributed by atoms with E-state index in [2.05, 4.69) is 10.2 Å². The molecule has 8 heteroatoms. The molecule has 0 aliphatic carbocycles. The van der Waals surface area contributed by atoms with E-state index >= 15 is 0 Å². The second-order valence-corrected chi connectivity index (χ2v) is 9.22. The van der Waals surface area contributed by atoms with Crippen molar-refractivity contribution in [3.8, 4) is 0 Å². The van der Waals surface area contributed by atoms with Gasteiger partial charge in [0.1, 0.15) is 4.32 Å². The maximum absolute atomic E-state index is 12.7. The van der Waals surface area contributed by atoms with Crippen molar-refractivity contribution >= 4 is 46.2 Å². The number of thioether (sulfide) groups is 1. The van der Waals surface area contributed by atoms with Crippen LogP contribution in [0.15, 0.2) is 46.9 Å². The molecule has 2 saturated heterocycles. The first kappa shape index (κ1) is 23.7. The fraction of sp³-hybridized carbons (Fsp3) is 0.435. The molecule has 3 rings (SSSR count). The summed E-state index contributed by atoms with van der Waals surface area (Å²) in [6, 6.07) is 9.96. The third-order valence-electron chi connectivity index (χ3n) is 5.07. The number of benzene rings is 1. The van der Waals surface area contributed by atoms with Gasteiger partial charge in [-0.3, -0.25) is 19.4 Å². The molecule has 0 aromatic heterocycles. The van der Waals surface area contributed by atoms with E-state index < -0.39 is 0 Å². The van der Waals surface area contributed by atoms with Gasteiger partial charge in [-0.05, 0) is 37.1 Å². The van der Waals surface area contributed by atoms with E-state index in [9.17, 15) is 9.59 Å². The number of rotatable bonds is 9. The molecule has 0 radical (unpaired) electrons. The van der Waals surface area contributed by atoms with Crippen LogP contribution in [0.1, 0.15) is 25.3 Å². The number of carbonyl (C=O) groups is 2. The molecule has 31 heavy (non-hydrogen) atoms. The van der Waals surface area contributed by atoms with E-state index in [1.165, 1.54) is 16.7 Å². The van der Waals surface area contributed by atoms with Crippen LogP contribution in [0.4, 0.5) is 0 Å². The molecule has 0 spiro atoms. The van der Waals surface area contributed by atoms with E-state index in [0.29, 0.717) is 22.3 Å². The summed E-state index contributed by atoms with van der Waals surface area (Å²) in [4.78, 5) is 29.4. The molecule has 1 aromatic rings. The van der Waals surface area contributed by atoms with Crippen LogP contribution in [0.25, 0.3) is 6.08 Å². The summed E-state index contributed by atoms with van der Waals surface area (Å²) >= 11 is 6.66. The Hall–Kier alpha value is -2.00. The summed E-state index contributed by atoms with van der Waals surface area (Å²) in [5.74, 6) is -0.184. The van der Waals surface area contributed by atoms with Gasteiger partial charge in [0.15, 0.2) is 0 Å². The van der Waals surface area contributed by atoms with Gasteiger partial charge >= 0.3 is 0 Å². The molecule has 0 unspecified atom stereocenters. The Labute approximate surface area is 193 Å². The summed E-state index contributed by atoms with van der Waals surface area (Å²) in [5.41, 5.74) is 2.06. The molecular formula is C23H29N3O3S2. The Kier molecular flexibility index (Phi) is 9.27. The maximum Gasteiger partial charge on any atom is 0.266 e. The predicted octanol–water partition coefficient (Wildman–Crippen LogP) is 3.06. The van der Waals surface area contributed by atoms with E-state index in [1.54, 1.807) is 0 Å². The van der Waals surface area contributed by atoms with Crippen molar-refractivity contribution in [2.75, 3.05) is 45.9 Å². The minimum absolute atomic E-state index is 0.0554. The van der Waals surface area contributed by atoms with Crippen molar-refractivity contribution in [2.24, 2.45) is 0 Å². The fourth-order valence-corrected chi connectivity index (χ4v) is 4.77. The molecule has 0 saturated carbocycles. The number of hydrogen-bond donors (Lipinski definition) is 1. The van der Waals surface area contributed by atoms with Crippen molar-refractivity contribution in [2.45, 2.75) is 19.8 Å². The molecule has 166 valence electrons. The third kappa shape index (κ3) is 7.57. The highest BCUT2D eigenvalue weighted by Gasteiger charge is 2.32. The van der Waals surface area contributed by atoms with E-state index in [4.69, 9.17) is 17.0 Å². The minimum Gasteiger partial charge on any atom is -0.379 e. The molecule has 2 amide bonds. The van der Waals surface area contributed by atoms with Crippen LogP contribution < -0.4 is 5.32 Å². The van der Waals surface area contributed by atoms with Crippen LogP contribution in [0.5, 0.6) is 0 Å². The summed E-state index contributed by atoms with van der Waals surface area (Å²) in [7, 11) is 0. The molecule has 1 aromatic carbocycles. The summed E-state index contributed by atoms with van der Waals surface area (Å²) in [6.07, 6.45) is 5.04. The average molecular weight is 460 g/mol. The molecule has 0 bridgehead atoms. The lowest BCUT2D eigenvalue weighted by Crippen LogP contribution is -2.38. The number of carbonyl (C=O) groups excluding carboxylic acids is 2. The first-order valence-corrected chi connectivity index (χ1v) is 11.8. The lowest BCUT2D eigenvalue weighted by molar-refractivity contribution is -0.123. The van der Waals surface area contributed by atoms with Crippen molar-refractivity contribution < 1.29 is 14.3 Å². The maximum atomic E-state index is 12.7. The number of morpholine rings is 1. The molecule has 2 fully saturated rings. The molecule has 1 N–H and O–H groups in total. The van der Waals surface area contributed by atoms with Crippen LogP contribution in [0.2, 0.25) is 0 Å². The van der Waals surface area contributed by atoms with Gasteiger partial charge in [0, 0.05) is 32.6 Å². The number of nitrogens with zero attached hydrogens (tertiary/aromatic N) is 2. The monoisotopic (exact) mass is 459 g/mol. The van der Waals surface area contributed by atoms with Crippen LogP contribution in [0, 0.1) is 0 Å². The van der Waals surface area contributed by atoms with Crippen molar-refractivity contribution in [3.63, 3.8) is 0 Å². The Bertz CT molecular complexity index is 849. The Morgan fingerprint density at radius 1 is 1.23 bits per heavy atom. The molecule has 2 aliphatic heterocycles. The van der Waals surface area contributed by atoms with Crippen LogP contribution >= 0.6 is 24.0 Å². The average Bonchev–Trinajstić information content (AvgIpc) is 3.03. The SMILES string of the molecule is CC(=Cc1ccccc1)C=C1SC(=S)N(CCC(=O)NCCCN2CCOCC2)C1=O. The summed E-state index contributed by atoms with van der Waals surface area (Å²) in [5, 5.41) is 2.94. The highest BCUT2D eigenvalue weighted by Crippen LogP contribution is 2.32. The topological polar surface area (TPSA) is 61.9 Å². The van der Waals surface area contributed by atoms with Gasteiger partial charge in [-0.1, -0.05) is 60.4 Å². The summed E-state index contributed by atoms with van der Waals surface area (Å²) in [6.45, 7) is 7.34. The van der Waals surface area contributed by atoms with Gasteiger partial charge in [-0.15, -0.1) is 0 Å². The minimum atomic E-state index is -0.129. The molecule has 0 atom stereocenters. The quantitative estimate of drug-likeness (QED) is 0.348. The van der Waals surface area contributed by atoms with E-state index in [-0.39, 0.29) is 18.2 Å². The van der Waals surface area contributed by atoms with Crippen LogP contribution in [-0.4, -0.2) is 71.9 Å². The predicted molar refractivity (Wildman–Crippen MR) is 130 cm³/mol. The standard InChI is InChI=1S/C23H29N3O3S2/c1-18(16-19-6-3-2-4-7-19)17-20-22(28)26(23(30)31-20)11-8-21(27)24-9-5-10-25-12-14-29-15-13-25/h2-4,6-7,16-17H,5,8-15H2,1H3,(H,24,27). The normalized spacial score (nSPS) is 19.3. The first-order valence-electron chi connectivity index (χ1n) is 10.6. The number of amides is 2. The first-order chi connectivity index (χ1) is 15.0. The van der Waals surface area contributed by atoms with Gasteiger partial charge < -0.3 is 10.1 Å². The second-order valence-electron chi connectivity index (χ2n) is 7.54. The van der Waals surface area contributed by atoms with E-state index in [1.807, 2.05) is 49.4 Å². The van der Waals surface area contributed by atoms with Gasteiger partial charge in [0.25, 0.3) is 5.91 Å². The van der Waals surface area contributed by atoms with Gasteiger partial charge in [-0.25, -0.2) is 0 Å². The van der Waals surface area contributed by atoms with Gasteiger partial charge in [0.05, 0.1) is 18.1 Å². The van der Waals surface area contributed by atoms with Gasteiger partial charge in [0.2, 0.25) is 5.91 Å². The number of allylic oxidation sites excluding steroid dienone is 2. The zero-order valence-corrected chi connectivity index (χ0v) is 19.5. The zero-order chi connectivity index (χ0) is 22.1. The van der Waals surface area contributed by atoms with Crippen molar-refractivity contribution in [3.05, 3.63) is 52.4 Å². The molecule has 6 nitrogen and oxygen atoms in total. The zero-order valence-electron chi connectivity index (χ0n) is 17.8. The summed E-state index contributed by atoms with van der Waals surface area (Å²) < 4.78 is 5.84. The molecule has 2 aliphatic rings. The fourth-order valence-electron chi connectivity index (χ4n) is 3.41. The van der Waals surface area contributed by atoms with Crippen molar-refractivity contribution in [1.29, 1.82) is 0 Å². The van der Waals surface area contributed by atoms with E-state index in [0.717, 1.165) is 50.4 Å². The second kappa shape index (κ2) is 12.1. The highest BCUT2D eigenvalue weighted by atomic mass is 32.2. The number of ether oxygens (including phenoxy) is 1. The molecule has 2 heterocycles. The lowest BCUT2D eigenvalue weighted by atomic mass is 10.1. The Morgan fingerprint density at radius 2 is 1.97 bits per heavy atom. The number of thiocarbonyl (C=S) groups is 1. The molecular weight excluding hydrogens is 430 g/mol. The van der Waals surface area contributed by atoms with Crippen molar-refractivity contribution in [1.82, 2.24) is 15.1 Å². The third-order valence-corrected chi connectivity index (χ3v) is 6.44. The Morgan fingerprint density at radius 3 is 2.71 bits per heavy atom. The number of hydrogen-bond acceptors (Lipinski definition) is 6. The lowest BCUT2D eigenvalue weighted by Gasteiger charge is -2.26. The van der Waals surface area contributed by atoms with Gasteiger partial charge in [-0.2, -0.15) is 0 Å². The largest absolute Gasteiger partial charge is 0.379 e. The highest BCUT2D eigenvalue weighted by molar-refractivity contribution is 8.26. The smallest absolute Gasteiger partial charge is 0.266 e.